The van der Waals surface area contributed by atoms with E-state index in [1.807, 2.05) is 0 Å². The molecule has 1 amide bonds. The van der Waals surface area contributed by atoms with Gasteiger partial charge >= 0.3 is 6.18 Å². The van der Waals surface area contributed by atoms with Gasteiger partial charge in [0, 0.05) is 25.7 Å². The molecule has 4 aliphatic rings. The summed E-state index contributed by atoms with van der Waals surface area (Å²) in [6, 6.07) is 4.87. The van der Waals surface area contributed by atoms with Crippen molar-refractivity contribution in [3.05, 3.63) is 29.3 Å². The summed E-state index contributed by atoms with van der Waals surface area (Å²) in [7, 11) is -1.80. The van der Waals surface area contributed by atoms with Gasteiger partial charge in [-0.2, -0.15) is 18.4 Å². The summed E-state index contributed by atoms with van der Waals surface area (Å²) >= 11 is 0. The zero-order chi connectivity index (χ0) is 24.9. The van der Waals surface area contributed by atoms with E-state index in [-0.39, 0.29) is 24.3 Å². The van der Waals surface area contributed by atoms with Crippen molar-refractivity contribution >= 4 is 22.5 Å². The first-order chi connectivity index (χ1) is 15.8. The molecule has 1 aromatic rings. The van der Waals surface area contributed by atoms with Crippen LogP contribution in [0.1, 0.15) is 61.4 Å². The number of nitriles is 1. The number of ether oxygens (including phenoxy) is 1. The van der Waals surface area contributed by atoms with Gasteiger partial charge in [0.25, 0.3) is 5.91 Å². The van der Waals surface area contributed by atoms with Crippen molar-refractivity contribution in [3.63, 3.8) is 0 Å². The van der Waals surface area contributed by atoms with Crippen LogP contribution in [0.5, 0.6) is 0 Å². The summed E-state index contributed by atoms with van der Waals surface area (Å²) < 4.78 is 71.0. The molecule has 1 aromatic carbocycles. The lowest BCUT2D eigenvalue weighted by Crippen LogP contribution is -2.66. The Kier molecular flexibility index (Phi) is 6.11. The number of carbonyl (C=O) groups excluding carboxylic acids is 1. The van der Waals surface area contributed by atoms with Gasteiger partial charge in [0.15, 0.2) is 0 Å². The Balaban J connectivity index is 1.68. The fraction of sp³-hybridized carbons (Fsp3) is 0.636. The number of alkyl halides is 3. The van der Waals surface area contributed by atoms with Gasteiger partial charge in [-0.3, -0.25) is 4.79 Å². The highest BCUT2D eigenvalue weighted by molar-refractivity contribution is 7.73. The number of benzene rings is 1. The number of nitrogens with zero attached hydrogens (tertiary/aromatic N) is 3. The monoisotopic (exact) mass is 500 g/mol. The smallest absolute Gasteiger partial charge is 0.376 e. The Labute approximate surface area is 197 Å². The lowest BCUT2D eigenvalue weighted by Gasteiger charge is -2.51. The standard InChI is InChI=1S/C22H27F3N4O4S/c1-19(33-2)13-28(14-19)29(34(31)32)17-4-3-15(22(23,24)25)11-16(17)18(30)27-21-8-5-20(12-26,6-9-21)7-10-21/h3-4,11,34H,5-10,13-14H2,1-2H3,(H,27,30). The number of amides is 1. The molecule has 4 fully saturated rings. The van der Waals surface area contributed by atoms with E-state index in [0.717, 1.165) is 16.5 Å². The molecular weight excluding hydrogens is 473 g/mol. The quantitative estimate of drug-likeness (QED) is 0.583. The second-order valence-corrected chi connectivity index (χ2v) is 10.7. The Morgan fingerprint density at radius 3 is 2.24 bits per heavy atom. The molecule has 5 rings (SSSR count). The van der Waals surface area contributed by atoms with Crippen LogP contribution in [-0.2, 0) is 21.8 Å². The maximum absolute atomic E-state index is 13.5. The highest BCUT2D eigenvalue weighted by Gasteiger charge is 2.50. The second-order valence-electron chi connectivity index (χ2n) is 9.86. The third-order valence-corrected chi connectivity index (χ3v) is 8.37. The van der Waals surface area contributed by atoms with Gasteiger partial charge in [-0.05, 0) is 63.6 Å². The van der Waals surface area contributed by atoms with Gasteiger partial charge in [-0.1, -0.05) is 0 Å². The summed E-state index contributed by atoms with van der Waals surface area (Å²) in [5.41, 5.74) is -3.16. The van der Waals surface area contributed by atoms with Gasteiger partial charge < -0.3 is 10.1 Å². The number of nitrogens with one attached hydrogen (secondary N) is 1. The normalized spacial score (nSPS) is 28.3. The first-order valence-corrected chi connectivity index (χ1v) is 12.2. The molecule has 34 heavy (non-hydrogen) atoms. The highest BCUT2D eigenvalue weighted by atomic mass is 32.2. The van der Waals surface area contributed by atoms with Gasteiger partial charge in [-0.15, -0.1) is 0 Å². The third-order valence-electron chi connectivity index (χ3n) is 7.60. The van der Waals surface area contributed by atoms with E-state index in [2.05, 4.69) is 11.4 Å². The maximum Gasteiger partial charge on any atom is 0.416 e. The third kappa shape index (κ3) is 4.36. The van der Waals surface area contributed by atoms with Crippen LogP contribution in [0.2, 0.25) is 0 Å². The Morgan fingerprint density at radius 1 is 1.18 bits per heavy atom. The molecule has 3 aliphatic carbocycles. The number of halogens is 3. The molecule has 1 heterocycles. The van der Waals surface area contributed by atoms with Crippen molar-refractivity contribution in [3.8, 4) is 6.07 Å². The van der Waals surface area contributed by atoms with Crippen molar-refractivity contribution in [1.82, 2.24) is 10.3 Å². The summed E-state index contributed by atoms with van der Waals surface area (Å²) in [6.07, 6.45) is -1.21. The topological polar surface area (TPSA) is 103 Å². The molecule has 186 valence electrons. The van der Waals surface area contributed by atoms with E-state index in [1.54, 1.807) is 6.92 Å². The number of anilines is 1. The zero-order valence-corrected chi connectivity index (χ0v) is 19.8. The number of hydrogen-bond donors (Lipinski definition) is 2. The molecular formula is C22H27F3N4O4S. The van der Waals surface area contributed by atoms with Gasteiger partial charge in [0.05, 0.1) is 33.9 Å². The van der Waals surface area contributed by atoms with E-state index in [4.69, 9.17) is 4.74 Å². The minimum Gasteiger partial charge on any atom is -0.376 e. The molecule has 12 heteroatoms. The molecule has 1 saturated heterocycles. The summed E-state index contributed by atoms with van der Waals surface area (Å²) in [5, 5.41) is 13.8. The maximum atomic E-state index is 13.5. The van der Waals surface area contributed by atoms with E-state index >= 15 is 0 Å². The summed E-state index contributed by atoms with van der Waals surface area (Å²) in [4.78, 5) is 13.4. The van der Waals surface area contributed by atoms with E-state index in [0.29, 0.717) is 44.6 Å². The lowest BCUT2D eigenvalue weighted by molar-refractivity contribution is -0.137. The second kappa shape index (κ2) is 8.39. The molecule has 0 aromatic heterocycles. The Morgan fingerprint density at radius 2 is 1.76 bits per heavy atom. The average Bonchev–Trinajstić information content (AvgIpc) is 2.78. The fourth-order valence-corrected chi connectivity index (χ4v) is 5.93. The largest absolute Gasteiger partial charge is 0.416 e. The average molecular weight is 501 g/mol. The number of hydrogen-bond acceptors (Lipinski definition) is 6. The number of hydrazine groups is 1. The molecule has 1 aliphatic heterocycles. The number of carbonyl (C=O) groups is 1. The molecule has 3 saturated carbocycles. The molecule has 0 atom stereocenters. The summed E-state index contributed by atoms with van der Waals surface area (Å²) in [6.45, 7) is 2.16. The van der Waals surface area contributed by atoms with Crippen molar-refractivity contribution in [2.24, 2.45) is 5.41 Å². The highest BCUT2D eigenvalue weighted by Crippen LogP contribution is 2.52. The van der Waals surface area contributed by atoms with Crippen LogP contribution in [0.3, 0.4) is 0 Å². The minimum absolute atomic E-state index is 0.144. The van der Waals surface area contributed by atoms with Crippen LogP contribution in [0.25, 0.3) is 0 Å². The molecule has 0 radical (unpaired) electrons. The molecule has 1 N–H and O–H groups in total. The number of rotatable bonds is 6. The number of fused-ring (bicyclic) bond motifs is 3. The van der Waals surface area contributed by atoms with Crippen molar-refractivity contribution in [1.29, 1.82) is 5.26 Å². The van der Waals surface area contributed by atoms with Crippen molar-refractivity contribution in [2.45, 2.75) is 62.8 Å². The van der Waals surface area contributed by atoms with Crippen LogP contribution in [0, 0.1) is 16.7 Å². The number of thiol groups is 1. The van der Waals surface area contributed by atoms with Gasteiger partial charge in [0.2, 0.25) is 10.9 Å². The lowest BCUT2D eigenvalue weighted by atomic mass is 9.58. The minimum atomic E-state index is -4.70. The number of methoxy groups -OCH3 is 1. The first-order valence-electron chi connectivity index (χ1n) is 11.0. The van der Waals surface area contributed by atoms with Crippen LogP contribution in [0.4, 0.5) is 18.9 Å². The molecule has 2 bridgehead atoms. The fourth-order valence-electron chi connectivity index (χ4n) is 5.25. The van der Waals surface area contributed by atoms with Gasteiger partial charge in [-0.25, -0.2) is 17.8 Å². The van der Waals surface area contributed by atoms with Crippen molar-refractivity contribution in [2.75, 3.05) is 24.6 Å². The van der Waals surface area contributed by atoms with Crippen LogP contribution >= 0.6 is 0 Å². The molecule has 8 nitrogen and oxygen atoms in total. The van der Waals surface area contributed by atoms with Crippen LogP contribution in [0.15, 0.2) is 18.2 Å². The van der Waals surface area contributed by atoms with E-state index in [9.17, 15) is 31.6 Å². The Bertz CT molecular complexity index is 1080. The molecule has 0 unspecified atom stereocenters. The van der Waals surface area contributed by atoms with Crippen LogP contribution < -0.4 is 9.73 Å². The zero-order valence-electron chi connectivity index (χ0n) is 18.9. The Hall–Kier alpha value is -2.36. The van der Waals surface area contributed by atoms with Crippen LogP contribution in [-0.4, -0.2) is 50.7 Å². The predicted octanol–water partition coefficient (Wildman–Crippen LogP) is 3.02. The van der Waals surface area contributed by atoms with E-state index < -0.39 is 45.1 Å². The summed E-state index contributed by atoms with van der Waals surface area (Å²) in [5.74, 6) is -0.760. The van der Waals surface area contributed by atoms with Crippen molar-refractivity contribution < 1.29 is 31.1 Å². The first kappa shape index (κ1) is 24.8. The van der Waals surface area contributed by atoms with Gasteiger partial charge in [0.1, 0.15) is 0 Å². The molecule has 0 spiro atoms. The SMILES string of the molecule is COC1(C)CN(N(c2ccc(C(F)(F)F)cc2C(=O)NC23CCC(C#N)(CC2)CC3)[SH](=O)=O)C1. The van der Waals surface area contributed by atoms with E-state index in [1.165, 1.54) is 12.1 Å². The predicted molar refractivity (Wildman–Crippen MR) is 117 cm³/mol.